The molecular formula is C15H20N2O5. The molecule has 0 saturated carbocycles. The quantitative estimate of drug-likeness (QED) is 0.493. The van der Waals surface area contributed by atoms with Crippen molar-refractivity contribution in [1.82, 2.24) is 5.32 Å². The molecule has 0 radical (unpaired) electrons. The first kappa shape index (κ1) is 17.6. The van der Waals surface area contributed by atoms with Gasteiger partial charge in [0.1, 0.15) is 0 Å². The highest BCUT2D eigenvalue weighted by atomic mass is 16.6. The Balaban J connectivity index is 2.74. The highest BCUT2D eigenvalue weighted by Gasteiger charge is 2.21. The SMILES string of the molecule is Cc1ccc(C(=O)OC(C)C(=O)NCC(C)C)cc1[N+](=O)[O-]. The van der Waals surface area contributed by atoms with Crippen molar-refractivity contribution in [3.8, 4) is 0 Å². The minimum atomic E-state index is -0.966. The van der Waals surface area contributed by atoms with E-state index in [2.05, 4.69) is 5.32 Å². The lowest BCUT2D eigenvalue weighted by Gasteiger charge is -2.14. The van der Waals surface area contributed by atoms with Gasteiger partial charge in [-0.25, -0.2) is 4.79 Å². The van der Waals surface area contributed by atoms with Gasteiger partial charge in [0.25, 0.3) is 11.6 Å². The first-order valence-electron chi connectivity index (χ1n) is 6.96. The summed E-state index contributed by atoms with van der Waals surface area (Å²) in [6.07, 6.45) is -0.966. The average molecular weight is 308 g/mol. The van der Waals surface area contributed by atoms with Gasteiger partial charge in [0, 0.05) is 18.2 Å². The number of aryl methyl sites for hydroxylation is 1. The molecule has 1 aromatic rings. The molecule has 1 amide bonds. The Bertz CT molecular complexity index is 583. The van der Waals surface area contributed by atoms with Crippen LogP contribution in [0.2, 0.25) is 0 Å². The number of nitro groups is 1. The molecule has 0 spiro atoms. The van der Waals surface area contributed by atoms with Crippen LogP contribution in [0.5, 0.6) is 0 Å². The molecule has 22 heavy (non-hydrogen) atoms. The molecule has 0 heterocycles. The largest absolute Gasteiger partial charge is 0.449 e. The second kappa shape index (κ2) is 7.53. The van der Waals surface area contributed by atoms with Crippen molar-refractivity contribution in [3.05, 3.63) is 39.4 Å². The van der Waals surface area contributed by atoms with E-state index in [1.54, 1.807) is 6.92 Å². The van der Waals surface area contributed by atoms with Crippen molar-refractivity contribution in [3.63, 3.8) is 0 Å². The third kappa shape index (κ3) is 4.83. The molecule has 1 rings (SSSR count). The van der Waals surface area contributed by atoms with Gasteiger partial charge in [-0.15, -0.1) is 0 Å². The fourth-order valence-corrected chi connectivity index (χ4v) is 1.66. The van der Waals surface area contributed by atoms with E-state index in [1.807, 2.05) is 13.8 Å². The number of esters is 1. The van der Waals surface area contributed by atoms with Gasteiger partial charge in [0.05, 0.1) is 10.5 Å². The third-order valence-electron chi connectivity index (χ3n) is 2.98. The van der Waals surface area contributed by atoms with Gasteiger partial charge in [-0.3, -0.25) is 14.9 Å². The van der Waals surface area contributed by atoms with E-state index in [0.717, 1.165) is 6.07 Å². The molecule has 0 aliphatic rings. The first-order valence-corrected chi connectivity index (χ1v) is 6.96. The number of ether oxygens (including phenoxy) is 1. The van der Waals surface area contributed by atoms with Crippen molar-refractivity contribution in [2.24, 2.45) is 5.92 Å². The number of nitrogens with one attached hydrogen (secondary N) is 1. The molecule has 1 N–H and O–H groups in total. The highest BCUT2D eigenvalue weighted by molar-refractivity contribution is 5.92. The zero-order chi connectivity index (χ0) is 16.9. The Kier molecular flexibility index (Phi) is 6.03. The second-order valence-electron chi connectivity index (χ2n) is 5.44. The standard InChI is InChI=1S/C15H20N2O5/c1-9(2)8-16-14(18)11(4)22-15(19)12-6-5-10(3)13(7-12)17(20)21/h5-7,9,11H,8H2,1-4H3,(H,16,18). The molecule has 120 valence electrons. The maximum atomic E-state index is 12.0. The lowest BCUT2D eigenvalue weighted by Crippen LogP contribution is -2.37. The Hall–Kier alpha value is -2.44. The van der Waals surface area contributed by atoms with Crippen molar-refractivity contribution < 1.29 is 19.2 Å². The van der Waals surface area contributed by atoms with E-state index < -0.39 is 22.9 Å². The molecule has 0 aromatic heterocycles. The van der Waals surface area contributed by atoms with Crippen LogP contribution in [-0.4, -0.2) is 29.4 Å². The average Bonchev–Trinajstić information content (AvgIpc) is 2.44. The second-order valence-corrected chi connectivity index (χ2v) is 5.44. The maximum absolute atomic E-state index is 12.0. The van der Waals surface area contributed by atoms with Crippen molar-refractivity contribution in [1.29, 1.82) is 0 Å². The fourth-order valence-electron chi connectivity index (χ4n) is 1.66. The molecule has 1 atom stereocenters. The maximum Gasteiger partial charge on any atom is 0.339 e. The van der Waals surface area contributed by atoms with E-state index in [9.17, 15) is 19.7 Å². The monoisotopic (exact) mass is 308 g/mol. The van der Waals surface area contributed by atoms with Crippen molar-refractivity contribution >= 4 is 17.6 Å². The van der Waals surface area contributed by atoms with Crippen LogP contribution in [0.25, 0.3) is 0 Å². The number of nitro benzene ring substituents is 1. The van der Waals surface area contributed by atoms with Crippen LogP contribution in [0.3, 0.4) is 0 Å². The van der Waals surface area contributed by atoms with Crippen molar-refractivity contribution in [2.45, 2.75) is 33.8 Å². The molecule has 7 heteroatoms. The summed E-state index contributed by atoms with van der Waals surface area (Å²) < 4.78 is 5.03. The number of rotatable bonds is 6. The van der Waals surface area contributed by atoms with Crippen LogP contribution in [0.4, 0.5) is 5.69 Å². The fraction of sp³-hybridized carbons (Fsp3) is 0.467. The lowest BCUT2D eigenvalue weighted by molar-refractivity contribution is -0.385. The van der Waals surface area contributed by atoms with E-state index in [1.165, 1.54) is 19.1 Å². The number of hydrogen-bond donors (Lipinski definition) is 1. The molecule has 1 aromatic carbocycles. The van der Waals surface area contributed by atoms with Crippen LogP contribution < -0.4 is 5.32 Å². The molecule has 0 aliphatic heterocycles. The van der Waals surface area contributed by atoms with Crippen LogP contribution >= 0.6 is 0 Å². The summed E-state index contributed by atoms with van der Waals surface area (Å²) in [6.45, 7) is 7.41. The van der Waals surface area contributed by atoms with Gasteiger partial charge in [0.15, 0.2) is 6.10 Å². The van der Waals surface area contributed by atoms with Crippen LogP contribution in [0, 0.1) is 23.0 Å². The Morgan fingerprint density at radius 1 is 1.32 bits per heavy atom. The summed E-state index contributed by atoms with van der Waals surface area (Å²) in [7, 11) is 0. The summed E-state index contributed by atoms with van der Waals surface area (Å²) in [4.78, 5) is 34.0. The number of carbonyl (C=O) groups is 2. The molecule has 0 aliphatic carbocycles. The molecule has 7 nitrogen and oxygen atoms in total. The number of amides is 1. The molecule has 1 unspecified atom stereocenters. The van der Waals surface area contributed by atoms with Crippen molar-refractivity contribution in [2.75, 3.05) is 6.54 Å². The van der Waals surface area contributed by atoms with E-state index >= 15 is 0 Å². The predicted octanol–water partition coefficient (Wildman–Crippen LogP) is 2.22. The molecular weight excluding hydrogens is 288 g/mol. The molecule has 0 saturated heterocycles. The van der Waals surface area contributed by atoms with Crippen LogP contribution in [0.15, 0.2) is 18.2 Å². The topological polar surface area (TPSA) is 98.5 Å². The molecule has 0 bridgehead atoms. The summed E-state index contributed by atoms with van der Waals surface area (Å²) in [5.74, 6) is -0.884. The lowest BCUT2D eigenvalue weighted by atomic mass is 10.1. The first-order chi connectivity index (χ1) is 10.2. The van der Waals surface area contributed by atoms with Gasteiger partial charge in [-0.2, -0.15) is 0 Å². The number of hydrogen-bond acceptors (Lipinski definition) is 5. The van der Waals surface area contributed by atoms with Gasteiger partial charge in [0.2, 0.25) is 0 Å². The Morgan fingerprint density at radius 2 is 1.95 bits per heavy atom. The zero-order valence-corrected chi connectivity index (χ0v) is 13.1. The third-order valence-corrected chi connectivity index (χ3v) is 2.98. The van der Waals surface area contributed by atoms with E-state index in [-0.39, 0.29) is 17.2 Å². The Morgan fingerprint density at radius 3 is 2.50 bits per heavy atom. The van der Waals surface area contributed by atoms with Gasteiger partial charge in [-0.1, -0.05) is 19.9 Å². The van der Waals surface area contributed by atoms with Gasteiger partial charge in [-0.05, 0) is 25.8 Å². The van der Waals surface area contributed by atoms with Crippen LogP contribution in [-0.2, 0) is 9.53 Å². The number of benzene rings is 1. The van der Waals surface area contributed by atoms with Gasteiger partial charge < -0.3 is 10.1 Å². The molecule has 0 fully saturated rings. The minimum absolute atomic E-state index is 0.0424. The smallest absolute Gasteiger partial charge is 0.339 e. The summed E-state index contributed by atoms with van der Waals surface area (Å²) in [5.41, 5.74) is 0.330. The van der Waals surface area contributed by atoms with Gasteiger partial charge >= 0.3 is 5.97 Å². The van der Waals surface area contributed by atoms with E-state index in [0.29, 0.717) is 12.1 Å². The summed E-state index contributed by atoms with van der Waals surface area (Å²) in [6, 6.07) is 4.05. The summed E-state index contributed by atoms with van der Waals surface area (Å²) in [5, 5.41) is 13.5. The normalized spacial score (nSPS) is 11.9. The Labute approximate surface area is 128 Å². The van der Waals surface area contributed by atoms with E-state index in [4.69, 9.17) is 4.74 Å². The highest BCUT2D eigenvalue weighted by Crippen LogP contribution is 2.20. The zero-order valence-electron chi connectivity index (χ0n) is 13.1. The summed E-state index contributed by atoms with van der Waals surface area (Å²) >= 11 is 0. The predicted molar refractivity (Wildman–Crippen MR) is 80.6 cm³/mol. The minimum Gasteiger partial charge on any atom is -0.449 e. The number of nitrogens with zero attached hydrogens (tertiary/aromatic N) is 1. The van der Waals surface area contributed by atoms with Crippen LogP contribution in [0.1, 0.15) is 36.7 Å². The number of carbonyl (C=O) groups excluding carboxylic acids is 2.